The number of alkyl halides is 3. The highest BCUT2D eigenvalue weighted by Gasteiger charge is 2.33. The minimum atomic E-state index is -4.64. The molecule has 2 N–H and O–H groups in total. The number of benzene rings is 2. The van der Waals surface area contributed by atoms with E-state index in [0.29, 0.717) is 49.3 Å². The second-order valence-corrected chi connectivity index (χ2v) is 13.0. The molecule has 0 spiro atoms. The summed E-state index contributed by atoms with van der Waals surface area (Å²) in [5.74, 6) is -0.199. The van der Waals surface area contributed by atoms with Crippen LogP contribution in [-0.2, 0) is 11.0 Å². The van der Waals surface area contributed by atoms with Gasteiger partial charge in [0.05, 0.1) is 75.3 Å². The Balaban J connectivity index is 1.48. The van der Waals surface area contributed by atoms with E-state index in [1.165, 1.54) is 23.0 Å². The molecule has 14 heteroatoms. The van der Waals surface area contributed by atoms with E-state index >= 15 is 0 Å². The Labute approximate surface area is 276 Å². The van der Waals surface area contributed by atoms with E-state index in [4.69, 9.17) is 6.57 Å². The molecular weight excluding hydrogens is 625 g/mol. The molecule has 2 heterocycles. The first-order chi connectivity index (χ1) is 22.7. The van der Waals surface area contributed by atoms with Crippen LogP contribution >= 0.6 is 0 Å². The predicted molar refractivity (Wildman–Crippen MR) is 174 cm³/mol. The van der Waals surface area contributed by atoms with Gasteiger partial charge in [-0.3, -0.25) is 9.36 Å². The van der Waals surface area contributed by atoms with Crippen LogP contribution < -0.4 is 16.3 Å². The summed E-state index contributed by atoms with van der Waals surface area (Å²) in [6.07, 6.45) is -1.02. The summed E-state index contributed by atoms with van der Waals surface area (Å²) in [6, 6.07) is 11.5. The van der Waals surface area contributed by atoms with E-state index in [1.54, 1.807) is 37.3 Å². The number of rotatable bonds is 8. The van der Waals surface area contributed by atoms with Crippen molar-refractivity contribution in [3.05, 3.63) is 94.0 Å². The fourth-order valence-corrected chi connectivity index (χ4v) is 5.98. The summed E-state index contributed by atoms with van der Waals surface area (Å²) in [6.45, 7) is 10.2. The molecule has 0 aliphatic heterocycles. The number of carbonyl (C=O) groups is 2. The molecule has 2 aromatic heterocycles. The fraction of sp³-hybridized carbons (Fsp3) is 0.382. The Hall–Kier alpha value is -5.16. The first kappa shape index (κ1) is 34.2. The molecule has 5 rings (SSSR count). The van der Waals surface area contributed by atoms with Gasteiger partial charge >= 0.3 is 17.9 Å². The van der Waals surface area contributed by atoms with Crippen LogP contribution in [0.2, 0.25) is 0 Å². The number of nitrogens with one attached hydrogen (secondary N) is 2. The van der Waals surface area contributed by atoms with Gasteiger partial charge in [-0.25, -0.2) is 23.7 Å². The van der Waals surface area contributed by atoms with Gasteiger partial charge in [-0.05, 0) is 69.0 Å². The number of quaternary nitrogens is 1. The summed E-state index contributed by atoms with van der Waals surface area (Å²) in [4.78, 5) is 44.2. The van der Waals surface area contributed by atoms with Crippen molar-refractivity contribution in [1.29, 1.82) is 0 Å². The van der Waals surface area contributed by atoms with E-state index in [9.17, 15) is 27.6 Å². The summed E-state index contributed by atoms with van der Waals surface area (Å²) in [7, 11) is 6.15. The molecule has 1 fully saturated rings. The van der Waals surface area contributed by atoms with E-state index in [0.717, 1.165) is 32.3 Å². The maximum absolute atomic E-state index is 14.1. The molecular formula is C34H38F3N8O3+. The number of carbonyl (C=O) groups excluding carboxylic acids is 2. The SMILES string of the molecule is [C-]#[N+]c1ccc(-n2nccc2-c2c(C)n(-c3cccc(C(F)(F)F)c3)c(=O)n2C(=O)NC2CCC(C(=O)NCC[N+](C)(C)C)CC2)cc1. The van der Waals surface area contributed by atoms with Crippen LogP contribution in [0.5, 0.6) is 0 Å². The van der Waals surface area contributed by atoms with Crippen LogP contribution in [0.3, 0.4) is 0 Å². The predicted octanol–water partition coefficient (Wildman–Crippen LogP) is 5.31. The van der Waals surface area contributed by atoms with Gasteiger partial charge in [-0.2, -0.15) is 18.3 Å². The summed E-state index contributed by atoms with van der Waals surface area (Å²) in [5.41, 5.74) is -0.165. The van der Waals surface area contributed by atoms with Gasteiger partial charge in [0.25, 0.3) is 0 Å². The smallest absolute Gasteiger partial charge is 0.350 e. The quantitative estimate of drug-likeness (QED) is 0.197. The summed E-state index contributed by atoms with van der Waals surface area (Å²) in [5, 5.41) is 10.3. The number of nitrogens with zero attached hydrogens (tertiary/aromatic N) is 6. The monoisotopic (exact) mass is 663 g/mol. The van der Waals surface area contributed by atoms with E-state index in [2.05, 4.69) is 20.6 Å². The molecule has 11 nitrogen and oxygen atoms in total. The van der Waals surface area contributed by atoms with Crippen molar-refractivity contribution >= 4 is 17.6 Å². The molecule has 252 valence electrons. The maximum atomic E-state index is 14.1. The third kappa shape index (κ3) is 7.36. The molecule has 1 saturated carbocycles. The molecule has 0 bridgehead atoms. The number of hydrogen-bond donors (Lipinski definition) is 2. The largest absolute Gasteiger partial charge is 0.416 e. The molecule has 1 aliphatic rings. The Morgan fingerprint density at radius 2 is 1.71 bits per heavy atom. The van der Waals surface area contributed by atoms with Gasteiger partial charge in [-0.1, -0.05) is 18.2 Å². The third-order valence-corrected chi connectivity index (χ3v) is 8.54. The van der Waals surface area contributed by atoms with Crippen molar-refractivity contribution in [3.8, 4) is 22.8 Å². The van der Waals surface area contributed by atoms with Gasteiger partial charge in [0.15, 0.2) is 5.69 Å². The fourth-order valence-electron chi connectivity index (χ4n) is 5.98. The first-order valence-electron chi connectivity index (χ1n) is 15.6. The minimum absolute atomic E-state index is 0.0155. The van der Waals surface area contributed by atoms with Crippen LogP contribution in [0.1, 0.15) is 36.9 Å². The van der Waals surface area contributed by atoms with Crippen molar-refractivity contribution < 1.29 is 27.2 Å². The van der Waals surface area contributed by atoms with Gasteiger partial charge in [0, 0.05) is 12.0 Å². The lowest BCUT2D eigenvalue weighted by molar-refractivity contribution is -0.869. The first-order valence-corrected chi connectivity index (χ1v) is 15.6. The number of halogens is 3. The van der Waals surface area contributed by atoms with Gasteiger partial charge in [0.1, 0.15) is 5.69 Å². The van der Waals surface area contributed by atoms with Crippen molar-refractivity contribution in [3.63, 3.8) is 0 Å². The lowest BCUT2D eigenvalue weighted by Crippen LogP contribution is -2.46. The zero-order valence-electron chi connectivity index (χ0n) is 27.2. The molecule has 2 amide bonds. The van der Waals surface area contributed by atoms with E-state index in [1.807, 2.05) is 21.1 Å². The van der Waals surface area contributed by atoms with Crippen LogP contribution in [0, 0.1) is 19.4 Å². The lowest BCUT2D eigenvalue weighted by Gasteiger charge is -2.29. The second kappa shape index (κ2) is 13.5. The highest BCUT2D eigenvalue weighted by molar-refractivity contribution is 5.83. The van der Waals surface area contributed by atoms with Crippen molar-refractivity contribution in [2.75, 3.05) is 34.2 Å². The van der Waals surface area contributed by atoms with Crippen molar-refractivity contribution in [1.82, 2.24) is 29.5 Å². The molecule has 1 aliphatic carbocycles. The normalized spacial score (nSPS) is 16.7. The number of imidazole rings is 1. The number of aromatic nitrogens is 4. The van der Waals surface area contributed by atoms with Crippen LogP contribution in [0.4, 0.5) is 23.7 Å². The molecule has 0 radical (unpaired) electrons. The van der Waals surface area contributed by atoms with Crippen LogP contribution in [0.25, 0.3) is 27.6 Å². The number of amides is 2. The molecule has 0 unspecified atom stereocenters. The third-order valence-electron chi connectivity index (χ3n) is 8.54. The highest BCUT2D eigenvalue weighted by atomic mass is 19.4. The van der Waals surface area contributed by atoms with E-state index < -0.39 is 23.5 Å². The Morgan fingerprint density at radius 3 is 2.33 bits per heavy atom. The van der Waals surface area contributed by atoms with Gasteiger partial charge in [-0.15, -0.1) is 0 Å². The Bertz CT molecular complexity index is 1900. The van der Waals surface area contributed by atoms with Crippen molar-refractivity contribution in [2.24, 2.45) is 5.92 Å². The second-order valence-electron chi connectivity index (χ2n) is 13.0. The van der Waals surface area contributed by atoms with E-state index in [-0.39, 0.29) is 34.9 Å². The van der Waals surface area contributed by atoms with Crippen LogP contribution in [-0.4, -0.2) is 75.6 Å². The average molecular weight is 664 g/mol. The minimum Gasteiger partial charge on any atom is -0.350 e. The molecule has 2 aromatic carbocycles. The zero-order chi connectivity index (χ0) is 34.8. The molecule has 4 aromatic rings. The number of hydrogen-bond acceptors (Lipinski definition) is 4. The van der Waals surface area contributed by atoms with Crippen molar-refractivity contribution in [2.45, 2.75) is 44.8 Å². The Kier molecular flexibility index (Phi) is 9.63. The highest BCUT2D eigenvalue weighted by Crippen LogP contribution is 2.32. The zero-order valence-corrected chi connectivity index (χ0v) is 27.2. The molecule has 0 saturated heterocycles. The summed E-state index contributed by atoms with van der Waals surface area (Å²) >= 11 is 0. The standard InChI is InChI=1S/C34H37F3N8O3/c1-22-30(29-17-18-40-44(29)27-15-13-25(38-2)14-16-27)43(33(48)42(22)28-8-6-7-24(21-28)34(35,36)37)32(47)41-26-11-9-23(10-12-26)31(46)39-19-20-45(3,4)5/h6-8,13-18,21,23,26H,9-12,19-20H2,1,3-5H3,(H-,39,41,46,47)/p+1. The van der Waals surface area contributed by atoms with Gasteiger partial charge in [0.2, 0.25) is 5.91 Å². The molecule has 0 atom stereocenters. The topological polar surface area (TPSA) is 107 Å². The Morgan fingerprint density at radius 1 is 1.02 bits per heavy atom. The number of likely N-dealkylation sites (N-methyl/N-ethyl adjacent to an activating group) is 1. The molecule has 48 heavy (non-hydrogen) atoms. The summed E-state index contributed by atoms with van der Waals surface area (Å²) < 4.78 is 45.2. The maximum Gasteiger partial charge on any atom is 0.416 e. The lowest BCUT2D eigenvalue weighted by atomic mass is 9.85. The van der Waals surface area contributed by atoms with Gasteiger partial charge < -0.3 is 15.1 Å². The van der Waals surface area contributed by atoms with Crippen LogP contribution in [0.15, 0.2) is 65.6 Å². The average Bonchev–Trinajstić information content (AvgIpc) is 3.62.